The summed E-state index contributed by atoms with van der Waals surface area (Å²) in [4.78, 5) is 9.43. The summed E-state index contributed by atoms with van der Waals surface area (Å²) in [5, 5.41) is 12.7. The largest absolute Gasteiger partial charge is 0.490 e. The van der Waals surface area contributed by atoms with Crippen molar-refractivity contribution >= 4 is 5.84 Å². The summed E-state index contributed by atoms with van der Waals surface area (Å²) < 4.78 is 11.3. The van der Waals surface area contributed by atoms with Gasteiger partial charge in [-0.15, -0.1) is 0 Å². The molecule has 3 aromatic rings. The van der Waals surface area contributed by atoms with Crippen LogP contribution in [-0.4, -0.2) is 24.0 Å². The van der Waals surface area contributed by atoms with E-state index in [9.17, 15) is 0 Å². The predicted octanol–water partition coefficient (Wildman–Crippen LogP) is 3.46. The zero-order chi connectivity index (χ0) is 19.6. The normalized spacial score (nSPS) is 10.8. The van der Waals surface area contributed by atoms with E-state index < -0.39 is 0 Å². The quantitative estimate of drug-likeness (QED) is 0.280. The molecule has 2 aromatic carbocycles. The lowest BCUT2D eigenvalue weighted by atomic mass is 10.2. The average Bonchev–Trinajstić information content (AvgIpc) is 2.75. The molecular formula is C21H18N4O3. The number of ether oxygens (including phenoxy) is 2. The van der Waals surface area contributed by atoms with Gasteiger partial charge in [0, 0.05) is 6.20 Å². The molecule has 1 heterocycles. The fraction of sp³-hybridized carbons (Fsp3) is 0.0952. The molecule has 0 unspecified atom stereocenters. The van der Waals surface area contributed by atoms with E-state index in [0.29, 0.717) is 28.5 Å². The summed E-state index contributed by atoms with van der Waals surface area (Å²) in [7, 11) is 0. The number of benzene rings is 2. The maximum atomic E-state index is 8.77. The molecule has 3 rings (SSSR count). The van der Waals surface area contributed by atoms with Gasteiger partial charge in [0.05, 0.1) is 17.2 Å². The van der Waals surface area contributed by atoms with E-state index in [0.717, 1.165) is 0 Å². The van der Waals surface area contributed by atoms with Crippen LogP contribution >= 0.6 is 0 Å². The number of oxime groups is 1. The first-order valence-electron chi connectivity index (χ1n) is 8.53. The topological polar surface area (TPSA) is 103 Å². The number of hydrogen-bond donors (Lipinski definition) is 1. The van der Waals surface area contributed by atoms with E-state index >= 15 is 0 Å². The molecular weight excluding hydrogens is 356 g/mol. The maximum Gasteiger partial charge on any atom is 0.230 e. The van der Waals surface area contributed by atoms with Gasteiger partial charge in [-0.2, -0.15) is 5.26 Å². The van der Waals surface area contributed by atoms with Gasteiger partial charge in [-0.25, -0.2) is 4.98 Å². The smallest absolute Gasteiger partial charge is 0.230 e. The highest BCUT2D eigenvalue weighted by Crippen LogP contribution is 2.22. The Kier molecular flexibility index (Phi) is 6.42. The Bertz CT molecular complexity index is 967. The van der Waals surface area contributed by atoms with Crippen molar-refractivity contribution in [3.05, 3.63) is 84.1 Å². The van der Waals surface area contributed by atoms with Gasteiger partial charge in [-0.05, 0) is 48.5 Å². The van der Waals surface area contributed by atoms with Crippen LogP contribution in [0.5, 0.6) is 17.4 Å². The van der Waals surface area contributed by atoms with E-state index in [1.807, 2.05) is 30.3 Å². The number of hydrogen-bond acceptors (Lipinski definition) is 6. The lowest BCUT2D eigenvalue weighted by Gasteiger charge is -2.09. The Hall–Kier alpha value is -4.05. The maximum absolute atomic E-state index is 8.77. The minimum atomic E-state index is 0.150. The minimum Gasteiger partial charge on any atom is -0.490 e. The fourth-order valence-electron chi connectivity index (χ4n) is 2.25. The van der Waals surface area contributed by atoms with Gasteiger partial charge in [0.2, 0.25) is 5.88 Å². The molecule has 0 aliphatic heterocycles. The van der Waals surface area contributed by atoms with Crippen LogP contribution in [0.3, 0.4) is 0 Å². The highest BCUT2D eigenvalue weighted by molar-refractivity contribution is 5.99. The van der Waals surface area contributed by atoms with Gasteiger partial charge < -0.3 is 20.0 Å². The van der Waals surface area contributed by atoms with Crippen LogP contribution in [0.4, 0.5) is 0 Å². The van der Waals surface area contributed by atoms with E-state index in [4.69, 9.17) is 25.3 Å². The molecule has 0 aliphatic rings. The van der Waals surface area contributed by atoms with Crippen molar-refractivity contribution in [1.29, 1.82) is 5.26 Å². The molecule has 0 radical (unpaired) electrons. The molecule has 7 nitrogen and oxygen atoms in total. The summed E-state index contributed by atoms with van der Waals surface area (Å²) in [6.45, 7) is 0.485. The van der Waals surface area contributed by atoms with Crippen LogP contribution in [0.2, 0.25) is 0 Å². The first-order chi connectivity index (χ1) is 13.8. The van der Waals surface area contributed by atoms with Gasteiger partial charge >= 0.3 is 0 Å². The third-order valence-corrected chi connectivity index (χ3v) is 3.59. The van der Waals surface area contributed by atoms with Crippen LogP contribution in [0.1, 0.15) is 11.1 Å². The Morgan fingerprint density at radius 2 is 1.75 bits per heavy atom. The molecule has 0 aliphatic carbocycles. The number of nitrogens with two attached hydrogens (primary N) is 1. The Morgan fingerprint density at radius 3 is 2.50 bits per heavy atom. The Balaban J connectivity index is 1.54. The summed E-state index contributed by atoms with van der Waals surface area (Å²) >= 11 is 0. The summed E-state index contributed by atoms with van der Waals surface area (Å²) in [5.74, 6) is 1.78. The van der Waals surface area contributed by atoms with Crippen LogP contribution in [-0.2, 0) is 4.84 Å². The molecule has 0 saturated carbocycles. The lowest BCUT2D eigenvalue weighted by molar-refractivity contribution is 0.107. The van der Waals surface area contributed by atoms with Crippen molar-refractivity contribution in [3.63, 3.8) is 0 Å². The first-order valence-corrected chi connectivity index (χ1v) is 8.53. The highest BCUT2D eigenvalue weighted by Gasteiger charge is 2.10. The Morgan fingerprint density at radius 1 is 0.964 bits per heavy atom. The summed E-state index contributed by atoms with van der Waals surface area (Å²) in [6.07, 6.45) is 1.61. The number of nitriles is 1. The van der Waals surface area contributed by atoms with Crippen molar-refractivity contribution in [2.24, 2.45) is 10.9 Å². The molecule has 0 saturated heterocycles. The zero-order valence-corrected chi connectivity index (χ0v) is 15.0. The van der Waals surface area contributed by atoms with Gasteiger partial charge in [0.25, 0.3) is 0 Å². The van der Waals surface area contributed by atoms with Crippen molar-refractivity contribution in [2.45, 2.75) is 0 Å². The van der Waals surface area contributed by atoms with Gasteiger partial charge in [0.1, 0.15) is 18.1 Å². The molecule has 7 heteroatoms. The predicted molar refractivity (Wildman–Crippen MR) is 104 cm³/mol. The number of aromatic nitrogens is 1. The van der Waals surface area contributed by atoms with Crippen molar-refractivity contribution in [3.8, 4) is 23.4 Å². The van der Waals surface area contributed by atoms with Crippen LogP contribution in [0.15, 0.2) is 78.1 Å². The van der Waals surface area contributed by atoms with E-state index in [1.165, 1.54) is 0 Å². The lowest BCUT2D eigenvalue weighted by Crippen LogP contribution is -2.16. The third kappa shape index (κ3) is 5.22. The van der Waals surface area contributed by atoms with E-state index in [-0.39, 0.29) is 19.0 Å². The Labute approximate surface area is 162 Å². The molecule has 28 heavy (non-hydrogen) atoms. The molecule has 2 N–H and O–H groups in total. The summed E-state index contributed by atoms with van der Waals surface area (Å²) in [6, 6.07) is 21.6. The monoisotopic (exact) mass is 374 g/mol. The van der Waals surface area contributed by atoms with Crippen LogP contribution < -0.4 is 15.2 Å². The molecule has 0 spiro atoms. The van der Waals surface area contributed by atoms with Crippen molar-refractivity contribution < 1.29 is 14.3 Å². The number of amidine groups is 1. The van der Waals surface area contributed by atoms with Crippen LogP contribution in [0, 0.1) is 11.3 Å². The molecule has 140 valence electrons. The molecule has 1 aromatic heterocycles. The molecule has 0 fully saturated rings. The first kappa shape index (κ1) is 18.7. The number of nitrogens with zero attached hydrogens (tertiary/aromatic N) is 3. The third-order valence-electron chi connectivity index (χ3n) is 3.59. The fourth-order valence-corrected chi connectivity index (χ4v) is 2.25. The molecule has 0 atom stereocenters. The van der Waals surface area contributed by atoms with Gasteiger partial charge in [-0.3, -0.25) is 0 Å². The SMILES string of the molecule is N#Cc1ccc(OCCON=C(N)c2cccnc2Oc2ccccc2)cc1. The number of pyridine rings is 1. The zero-order valence-electron chi connectivity index (χ0n) is 15.0. The molecule has 0 amide bonds. The molecule has 0 bridgehead atoms. The van der Waals surface area contributed by atoms with Gasteiger partial charge in [-0.1, -0.05) is 23.4 Å². The second-order valence-corrected chi connectivity index (χ2v) is 5.57. The number of para-hydroxylation sites is 1. The van der Waals surface area contributed by atoms with E-state index in [2.05, 4.69) is 16.2 Å². The average molecular weight is 374 g/mol. The minimum absolute atomic E-state index is 0.150. The van der Waals surface area contributed by atoms with Crippen LogP contribution in [0.25, 0.3) is 0 Å². The standard InChI is InChI=1S/C21H18N4O3/c22-15-16-8-10-17(11-9-16)26-13-14-27-25-20(23)19-7-4-12-24-21(19)28-18-5-2-1-3-6-18/h1-12H,13-14H2,(H2,23,25). The highest BCUT2D eigenvalue weighted by atomic mass is 16.6. The van der Waals surface area contributed by atoms with Crippen molar-refractivity contribution in [2.75, 3.05) is 13.2 Å². The second kappa shape index (κ2) is 9.59. The second-order valence-electron chi connectivity index (χ2n) is 5.57. The van der Waals surface area contributed by atoms with E-state index in [1.54, 1.807) is 42.6 Å². The van der Waals surface area contributed by atoms with Gasteiger partial charge in [0.15, 0.2) is 12.4 Å². The summed E-state index contributed by atoms with van der Waals surface area (Å²) in [5.41, 5.74) is 7.11. The van der Waals surface area contributed by atoms with Crippen molar-refractivity contribution in [1.82, 2.24) is 4.98 Å². The number of rotatable bonds is 8.